The van der Waals surface area contributed by atoms with Crippen LogP contribution in [0, 0.1) is 6.92 Å². The molecule has 1 aromatic heterocycles. The molecule has 0 radical (unpaired) electrons. The Morgan fingerprint density at radius 1 is 1.43 bits per heavy atom. The van der Waals surface area contributed by atoms with Crippen LogP contribution in [0.1, 0.15) is 12.5 Å². The van der Waals surface area contributed by atoms with Crippen LogP contribution in [-0.4, -0.2) is 36.5 Å². The van der Waals surface area contributed by atoms with Crippen molar-refractivity contribution in [3.8, 4) is 5.75 Å². The molecule has 2 N–H and O–H groups in total. The number of aromatic amines is 1. The van der Waals surface area contributed by atoms with Gasteiger partial charge < -0.3 is 4.74 Å². The van der Waals surface area contributed by atoms with Crippen molar-refractivity contribution in [1.29, 1.82) is 0 Å². The Morgan fingerprint density at radius 3 is 2.86 bits per heavy atom. The summed E-state index contributed by atoms with van der Waals surface area (Å²) >= 11 is 1.42. The van der Waals surface area contributed by atoms with Gasteiger partial charge in [0, 0.05) is 0 Å². The van der Waals surface area contributed by atoms with Crippen LogP contribution in [0.2, 0.25) is 0 Å². The minimum absolute atomic E-state index is 0.0612. The van der Waals surface area contributed by atoms with E-state index in [0.717, 1.165) is 11.3 Å². The molecule has 1 heterocycles. The van der Waals surface area contributed by atoms with Crippen molar-refractivity contribution in [3.63, 3.8) is 0 Å². The number of methoxy groups -OCH3 is 1. The van der Waals surface area contributed by atoms with Crippen LogP contribution in [0.4, 0.5) is 5.95 Å². The van der Waals surface area contributed by atoms with Crippen molar-refractivity contribution in [1.82, 2.24) is 15.2 Å². The minimum Gasteiger partial charge on any atom is -0.495 e. The first-order valence-corrected chi connectivity index (χ1v) is 8.66. The van der Waals surface area contributed by atoms with Gasteiger partial charge in [-0.05, 0) is 30.4 Å². The van der Waals surface area contributed by atoms with Gasteiger partial charge in [0.25, 0.3) is 10.0 Å². The molecule has 0 saturated heterocycles. The van der Waals surface area contributed by atoms with E-state index in [1.807, 2.05) is 13.8 Å². The lowest BCUT2D eigenvalue weighted by molar-refractivity contribution is 0.402. The maximum Gasteiger partial charge on any atom is 0.267 e. The summed E-state index contributed by atoms with van der Waals surface area (Å²) in [5.41, 5.74) is 0.816. The predicted octanol–water partition coefficient (Wildman–Crippen LogP) is 2.03. The highest BCUT2D eigenvalue weighted by molar-refractivity contribution is 7.99. The van der Waals surface area contributed by atoms with E-state index in [2.05, 4.69) is 19.9 Å². The fourth-order valence-electron chi connectivity index (χ4n) is 1.66. The molecule has 2 rings (SSSR count). The smallest absolute Gasteiger partial charge is 0.267 e. The lowest BCUT2D eigenvalue weighted by Gasteiger charge is -2.10. The highest BCUT2D eigenvalue weighted by Crippen LogP contribution is 2.26. The third-order valence-corrected chi connectivity index (χ3v) is 4.67. The third-order valence-electron chi connectivity index (χ3n) is 2.58. The molecule has 0 aliphatic carbocycles. The van der Waals surface area contributed by atoms with Gasteiger partial charge in [-0.15, -0.1) is 5.10 Å². The molecule has 21 heavy (non-hydrogen) atoms. The van der Waals surface area contributed by atoms with Gasteiger partial charge in [0.15, 0.2) is 0 Å². The van der Waals surface area contributed by atoms with Gasteiger partial charge in [-0.3, -0.25) is 0 Å². The number of hydrogen-bond donors (Lipinski definition) is 2. The van der Waals surface area contributed by atoms with Gasteiger partial charge in [0.2, 0.25) is 11.1 Å². The first-order chi connectivity index (χ1) is 9.96. The zero-order chi connectivity index (χ0) is 15.5. The van der Waals surface area contributed by atoms with E-state index in [-0.39, 0.29) is 16.6 Å². The van der Waals surface area contributed by atoms with Crippen LogP contribution in [0.5, 0.6) is 5.75 Å². The lowest BCUT2D eigenvalue weighted by atomic mass is 10.2. The zero-order valence-electron chi connectivity index (χ0n) is 11.9. The van der Waals surface area contributed by atoms with Crippen LogP contribution in [-0.2, 0) is 10.0 Å². The molecule has 0 spiro atoms. The number of rotatable bonds is 6. The number of H-pyrrole nitrogens is 1. The normalized spacial score (nSPS) is 11.4. The number of aryl methyl sites for hydroxylation is 1. The third kappa shape index (κ3) is 3.67. The Hall–Kier alpha value is -1.74. The average molecular weight is 328 g/mol. The first-order valence-electron chi connectivity index (χ1n) is 6.19. The molecular weight excluding hydrogens is 312 g/mol. The second kappa shape index (κ2) is 6.35. The van der Waals surface area contributed by atoms with Crippen molar-refractivity contribution in [3.05, 3.63) is 23.8 Å². The Balaban J connectivity index is 2.31. The molecule has 9 heteroatoms. The Morgan fingerprint density at radius 2 is 2.19 bits per heavy atom. The van der Waals surface area contributed by atoms with E-state index in [0.29, 0.717) is 5.16 Å². The molecule has 0 bridgehead atoms. The molecule has 0 atom stereocenters. The van der Waals surface area contributed by atoms with E-state index in [1.165, 1.54) is 18.9 Å². The Bertz CT molecular complexity index is 728. The van der Waals surface area contributed by atoms with Gasteiger partial charge >= 0.3 is 0 Å². The van der Waals surface area contributed by atoms with Gasteiger partial charge in [-0.25, -0.2) is 18.2 Å². The van der Waals surface area contributed by atoms with Crippen LogP contribution >= 0.6 is 11.8 Å². The number of nitrogens with one attached hydrogen (secondary N) is 2. The molecule has 0 aliphatic rings. The highest BCUT2D eigenvalue weighted by atomic mass is 32.2. The van der Waals surface area contributed by atoms with Crippen LogP contribution in [0.25, 0.3) is 0 Å². The highest BCUT2D eigenvalue weighted by Gasteiger charge is 2.21. The monoisotopic (exact) mass is 328 g/mol. The topological polar surface area (TPSA) is 97.0 Å². The molecule has 0 saturated carbocycles. The number of aromatic nitrogens is 3. The number of nitrogens with zero attached hydrogens (tertiary/aromatic N) is 2. The zero-order valence-corrected chi connectivity index (χ0v) is 13.5. The van der Waals surface area contributed by atoms with Crippen LogP contribution in [0.3, 0.4) is 0 Å². The van der Waals surface area contributed by atoms with E-state index < -0.39 is 10.0 Å². The minimum atomic E-state index is -3.80. The molecule has 114 valence electrons. The number of anilines is 1. The molecule has 0 amide bonds. The first kappa shape index (κ1) is 15.6. The molecule has 0 aliphatic heterocycles. The maximum absolute atomic E-state index is 12.4. The summed E-state index contributed by atoms with van der Waals surface area (Å²) in [5.74, 6) is 1.15. The molecular formula is C12H16N4O3S2. The van der Waals surface area contributed by atoms with Crippen molar-refractivity contribution >= 4 is 27.7 Å². The second-order valence-electron chi connectivity index (χ2n) is 4.16. The molecule has 1 aromatic carbocycles. The van der Waals surface area contributed by atoms with Crippen molar-refractivity contribution in [2.45, 2.75) is 23.9 Å². The summed E-state index contributed by atoms with van der Waals surface area (Å²) in [5, 5.41) is 6.96. The summed E-state index contributed by atoms with van der Waals surface area (Å²) in [4.78, 5) is 4.12. The van der Waals surface area contributed by atoms with Gasteiger partial charge in [-0.2, -0.15) is 4.98 Å². The van der Waals surface area contributed by atoms with Gasteiger partial charge in [0.05, 0.1) is 7.11 Å². The summed E-state index contributed by atoms with van der Waals surface area (Å²) in [6.45, 7) is 3.77. The fraction of sp³-hybridized carbons (Fsp3) is 0.333. The van der Waals surface area contributed by atoms with Crippen molar-refractivity contribution in [2.24, 2.45) is 0 Å². The average Bonchev–Trinajstić information content (AvgIpc) is 2.86. The second-order valence-corrected chi connectivity index (χ2v) is 7.04. The molecule has 0 fully saturated rings. The molecule has 7 nitrogen and oxygen atoms in total. The predicted molar refractivity (Wildman–Crippen MR) is 81.3 cm³/mol. The summed E-state index contributed by atoms with van der Waals surface area (Å²) in [6.07, 6.45) is 0. The number of ether oxygens (including phenoxy) is 1. The Labute approximate surface area is 127 Å². The van der Waals surface area contributed by atoms with Crippen LogP contribution in [0.15, 0.2) is 28.3 Å². The fourth-order valence-corrected chi connectivity index (χ4v) is 3.40. The Kier molecular flexibility index (Phi) is 4.73. The van der Waals surface area contributed by atoms with Gasteiger partial charge in [0.1, 0.15) is 10.6 Å². The number of benzene rings is 1. The number of sulfonamides is 1. The lowest BCUT2D eigenvalue weighted by Crippen LogP contribution is -2.15. The molecule has 2 aromatic rings. The summed E-state index contributed by atoms with van der Waals surface area (Å²) in [7, 11) is -2.37. The van der Waals surface area contributed by atoms with E-state index >= 15 is 0 Å². The van der Waals surface area contributed by atoms with Crippen LogP contribution < -0.4 is 9.46 Å². The van der Waals surface area contributed by atoms with Crippen molar-refractivity contribution < 1.29 is 13.2 Å². The summed E-state index contributed by atoms with van der Waals surface area (Å²) in [6, 6.07) is 4.93. The quantitative estimate of drug-likeness (QED) is 0.788. The van der Waals surface area contributed by atoms with Gasteiger partial charge in [-0.1, -0.05) is 24.8 Å². The standard InChI is InChI=1S/C12H16N4O3S2/c1-4-20-12-13-11(14-15-12)16-21(17,18)10-7-8(2)5-6-9(10)19-3/h5-7H,4H2,1-3H3,(H2,13,14,15,16). The largest absolute Gasteiger partial charge is 0.495 e. The van der Waals surface area contributed by atoms with Crippen molar-refractivity contribution in [2.75, 3.05) is 17.6 Å². The van der Waals surface area contributed by atoms with E-state index in [9.17, 15) is 8.42 Å². The summed E-state index contributed by atoms with van der Waals surface area (Å²) < 4.78 is 32.3. The SMILES string of the molecule is CCSc1n[nH]c(NS(=O)(=O)c2cc(C)ccc2OC)n1. The number of thioether (sulfide) groups is 1. The van der Waals surface area contributed by atoms with E-state index in [4.69, 9.17) is 4.74 Å². The maximum atomic E-state index is 12.4. The number of hydrogen-bond acceptors (Lipinski definition) is 6. The van der Waals surface area contributed by atoms with E-state index in [1.54, 1.807) is 18.2 Å². The molecule has 0 unspecified atom stereocenters.